The molecule has 0 unspecified atom stereocenters. The maximum absolute atomic E-state index is 12.4. The van der Waals surface area contributed by atoms with Crippen molar-refractivity contribution in [3.8, 4) is 29.6 Å². The Labute approximate surface area is 185 Å². The number of nitrogens with zero attached hydrogens (tertiary/aromatic N) is 1. The van der Waals surface area contributed by atoms with Gasteiger partial charge in [0.05, 0.1) is 29.1 Å². The largest absolute Gasteiger partial charge is 0.496 e. The summed E-state index contributed by atoms with van der Waals surface area (Å²) in [7, 11) is 1.50. The Kier molecular flexibility index (Phi) is 8.60. The second-order valence-corrected chi connectivity index (χ2v) is 7.38. The van der Waals surface area contributed by atoms with Crippen molar-refractivity contribution in [2.45, 2.75) is 6.92 Å². The van der Waals surface area contributed by atoms with E-state index in [1.807, 2.05) is 13.0 Å². The Balaban J connectivity index is 2.19. The van der Waals surface area contributed by atoms with Crippen molar-refractivity contribution in [1.29, 1.82) is 0 Å². The fourth-order valence-corrected chi connectivity index (χ4v) is 3.40. The lowest BCUT2D eigenvalue weighted by Gasteiger charge is -2.13. The summed E-state index contributed by atoms with van der Waals surface area (Å²) >= 11 is 5.48. The number of rotatable bonds is 8. The number of amides is 1. The van der Waals surface area contributed by atoms with Gasteiger partial charge in [0.1, 0.15) is 12.4 Å². The molecule has 28 heavy (non-hydrogen) atoms. The molecule has 146 valence electrons. The Morgan fingerprint density at radius 3 is 2.79 bits per heavy atom. The molecule has 6 nitrogen and oxygen atoms in total. The van der Waals surface area contributed by atoms with Crippen LogP contribution in [0.25, 0.3) is 0 Å². The number of terminal acetylenes is 1. The summed E-state index contributed by atoms with van der Waals surface area (Å²) in [6, 6.07) is 8.78. The van der Waals surface area contributed by atoms with Crippen LogP contribution in [-0.4, -0.2) is 32.4 Å². The fourth-order valence-electron chi connectivity index (χ4n) is 2.26. The molecule has 0 aliphatic rings. The highest BCUT2D eigenvalue weighted by atomic mass is 127. The van der Waals surface area contributed by atoms with Crippen molar-refractivity contribution in [3.63, 3.8) is 0 Å². The third-order valence-corrected chi connectivity index (χ3v) is 4.71. The van der Waals surface area contributed by atoms with Gasteiger partial charge in [0.2, 0.25) is 0 Å². The fraction of sp³-hybridized carbons (Fsp3) is 0.200. The van der Waals surface area contributed by atoms with Crippen LogP contribution in [0.4, 0.5) is 0 Å². The van der Waals surface area contributed by atoms with Crippen molar-refractivity contribution in [1.82, 2.24) is 5.43 Å². The van der Waals surface area contributed by atoms with Gasteiger partial charge in [-0.2, -0.15) is 5.10 Å². The van der Waals surface area contributed by atoms with Crippen LogP contribution < -0.4 is 19.6 Å². The average Bonchev–Trinajstić information content (AvgIpc) is 2.67. The van der Waals surface area contributed by atoms with E-state index in [1.165, 1.54) is 13.3 Å². The Bertz CT molecular complexity index is 925. The number of carbonyl (C=O) groups is 1. The predicted octanol–water partition coefficient (Wildman–Crippen LogP) is 4.24. The lowest BCUT2D eigenvalue weighted by molar-refractivity contribution is 0.0952. The highest BCUT2D eigenvalue weighted by Crippen LogP contribution is 2.33. The molecule has 0 saturated carbocycles. The zero-order valence-corrected chi connectivity index (χ0v) is 19.0. The minimum Gasteiger partial charge on any atom is -0.496 e. The molecule has 0 atom stereocenters. The van der Waals surface area contributed by atoms with Crippen LogP contribution in [0.2, 0.25) is 0 Å². The Morgan fingerprint density at radius 1 is 1.32 bits per heavy atom. The summed E-state index contributed by atoms with van der Waals surface area (Å²) in [5.41, 5.74) is 3.61. The van der Waals surface area contributed by atoms with Gasteiger partial charge in [-0.3, -0.25) is 4.79 Å². The van der Waals surface area contributed by atoms with Crippen LogP contribution in [-0.2, 0) is 0 Å². The summed E-state index contributed by atoms with van der Waals surface area (Å²) in [5, 5.41) is 4.03. The van der Waals surface area contributed by atoms with Crippen molar-refractivity contribution in [2.24, 2.45) is 5.10 Å². The Hall–Kier alpha value is -2.25. The molecule has 0 aliphatic carbocycles. The van der Waals surface area contributed by atoms with E-state index >= 15 is 0 Å². The van der Waals surface area contributed by atoms with Crippen LogP contribution in [0.5, 0.6) is 17.2 Å². The molecule has 2 aromatic carbocycles. The summed E-state index contributed by atoms with van der Waals surface area (Å²) in [6.45, 7) is 2.50. The second kappa shape index (κ2) is 10.9. The van der Waals surface area contributed by atoms with Crippen LogP contribution in [0.3, 0.4) is 0 Å². The minimum atomic E-state index is -0.386. The first-order valence-electron chi connectivity index (χ1n) is 8.19. The predicted molar refractivity (Wildman–Crippen MR) is 120 cm³/mol. The maximum atomic E-state index is 12.4. The van der Waals surface area contributed by atoms with Gasteiger partial charge in [-0.1, -0.05) is 21.9 Å². The highest BCUT2D eigenvalue weighted by Gasteiger charge is 2.13. The third-order valence-electron chi connectivity index (χ3n) is 3.42. The topological polar surface area (TPSA) is 69.2 Å². The molecular formula is C20H18BrIN2O4. The number of nitrogens with one attached hydrogen (secondary N) is 1. The normalized spacial score (nSPS) is 10.4. The van der Waals surface area contributed by atoms with E-state index < -0.39 is 0 Å². The zero-order valence-electron chi connectivity index (χ0n) is 15.3. The molecule has 8 heteroatoms. The summed E-state index contributed by atoms with van der Waals surface area (Å²) in [5.74, 6) is 3.65. The van der Waals surface area contributed by atoms with Gasteiger partial charge in [-0.15, -0.1) is 6.42 Å². The molecule has 0 radical (unpaired) electrons. The molecule has 0 aromatic heterocycles. The quantitative estimate of drug-likeness (QED) is 0.229. The van der Waals surface area contributed by atoms with Crippen LogP contribution in [0.15, 0.2) is 39.9 Å². The number of hydrogen-bond acceptors (Lipinski definition) is 5. The van der Waals surface area contributed by atoms with E-state index in [4.69, 9.17) is 20.6 Å². The number of ether oxygens (including phenoxy) is 3. The van der Waals surface area contributed by atoms with Crippen molar-refractivity contribution < 1.29 is 19.0 Å². The third kappa shape index (κ3) is 5.87. The van der Waals surface area contributed by atoms with Crippen molar-refractivity contribution in [2.75, 3.05) is 20.3 Å². The monoisotopic (exact) mass is 556 g/mol. The van der Waals surface area contributed by atoms with E-state index in [0.717, 1.165) is 13.6 Å². The summed E-state index contributed by atoms with van der Waals surface area (Å²) in [4.78, 5) is 12.4. The smallest absolute Gasteiger partial charge is 0.275 e. The molecule has 0 bridgehead atoms. The van der Waals surface area contributed by atoms with E-state index in [1.54, 1.807) is 24.3 Å². The number of methoxy groups -OCH3 is 1. The molecule has 0 spiro atoms. The number of halogens is 2. The van der Waals surface area contributed by atoms with Crippen molar-refractivity contribution >= 4 is 50.6 Å². The van der Waals surface area contributed by atoms with Gasteiger partial charge in [0.25, 0.3) is 5.91 Å². The molecule has 0 aliphatic heterocycles. The molecule has 0 heterocycles. The van der Waals surface area contributed by atoms with E-state index in [2.05, 4.69) is 55.0 Å². The highest BCUT2D eigenvalue weighted by molar-refractivity contribution is 14.1. The lowest BCUT2D eigenvalue weighted by Crippen LogP contribution is -2.18. The van der Waals surface area contributed by atoms with Gasteiger partial charge in [0.15, 0.2) is 11.5 Å². The minimum absolute atomic E-state index is 0.147. The average molecular weight is 557 g/mol. The first kappa shape index (κ1) is 22.0. The SMILES string of the molecule is C#CCOc1c(I)cc(/C=N\NC(=O)c2cc(Br)ccc2OC)cc1OCC. The first-order valence-corrected chi connectivity index (χ1v) is 10.1. The van der Waals surface area contributed by atoms with Gasteiger partial charge < -0.3 is 14.2 Å². The van der Waals surface area contributed by atoms with Crippen LogP contribution in [0, 0.1) is 15.9 Å². The van der Waals surface area contributed by atoms with E-state index in [0.29, 0.717) is 29.4 Å². The van der Waals surface area contributed by atoms with Gasteiger partial charge in [0, 0.05) is 4.47 Å². The van der Waals surface area contributed by atoms with Gasteiger partial charge in [-0.05, 0) is 65.4 Å². The molecule has 0 saturated heterocycles. The maximum Gasteiger partial charge on any atom is 0.275 e. The molecule has 2 aromatic rings. The zero-order chi connectivity index (χ0) is 20.5. The first-order chi connectivity index (χ1) is 13.5. The van der Waals surface area contributed by atoms with Crippen LogP contribution in [0.1, 0.15) is 22.8 Å². The number of carbonyl (C=O) groups excluding carboxylic acids is 1. The molecule has 1 amide bonds. The molecule has 0 fully saturated rings. The molecule has 1 N–H and O–H groups in total. The second-order valence-electron chi connectivity index (χ2n) is 5.30. The van der Waals surface area contributed by atoms with Gasteiger partial charge in [-0.25, -0.2) is 5.43 Å². The van der Waals surface area contributed by atoms with Gasteiger partial charge >= 0.3 is 0 Å². The van der Waals surface area contributed by atoms with E-state index in [-0.39, 0.29) is 12.5 Å². The molecular weight excluding hydrogens is 539 g/mol. The number of benzene rings is 2. The number of hydrazone groups is 1. The Morgan fingerprint density at radius 2 is 2.11 bits per heavy atom. The van der Waals surface area contributed by atoms with Crippen LogP contribution >= 0.6 is 38.5 Å². The summed E-state index contributed by atoms with van der Waals surface area (Å²) in [6.07, 6.45) is 6.79. The van der Waals surface area contributed by atoms with E-state index in [9.17, 15) is 4.79 Å². The summed E-state index contributed by atoms with van der Waals surface area (Å²) < 4.78 is 18.0. The van der Waals surface area contributed by atoms with Crippen molar-refractivity contribution in [3.05, 3.63) is 49.5 Å². The number of hydrogen-bond donors (Lipinski definition) is 1. The molecule has 2 rings (SSSR count). The lowest BCUT2D eigenvalue weighted by atomic mass is 10.2. The standard InChI is InChI=1S/C20H18BrIN2O4/c1-4-8-28-19-16(22)9-13(10-18(19)27-5-2)12-23-24-20(25)15-11-14(21)6-7-17(15)26-3/h1,6-7,9-12H,5,8H2,2-3H3,(H,24,25)/b23-12-.